The van der Waals surface area contributed by atoms with Crippen molar-refractivity contribution in [3.63, 3.8) is 0 Å². The summed E-state index contributed by atoms with van der Waals surface area (Å²) in [6.45, 7) is 2.13. The van der Waals surface area contributed by atoms with Crippen LogP contribution in [-0.2, 0) is 14.8 Å². The van der Waals surface area contributed by atoms with Crippen molar-refractivity contribution in [3.05, 3.63) is 23.8 Å². The number of aryl methyl sites for hydroxylation is 1. The van der Waals surface area contributed by atoms with Crippen LogP contribution >= 0.6 is 0 Å². The minimum atomic E-state index is -3.43. The van der Waals surface area contributed by atoms with Crippen molar-refractivity contribution in [1.82, 2.24) is 5.32 Å². The number of fused-ring (bicyclic) bond motifs is 1. The van der Waals surface area contributed by atoms with Gasteiger partial charge in [0.05, 0.1) is 11.9 Å². The first kappa shape index (κ1) is 17.1. The number of hydrogen-bond donors (Lipinski definition) is 1. The fourth-order valence-electron chi connectivity index (χ4n) is 3.38. The van der Waals surface area contributed by atoms with Crippen LogP contribution in [0.5, 0.6) is 5.75 Å². The first-order valence-electron chi connectivity index (χ1n) is 8.40. The maximum atomic E-state index is 12.5. The van der Waals surface area contributed by atoms with E-state index in [9.17, 15) is 13.2 Å². The third-order valence-corrected chi connectivity index (χ3v) is 5.82. The lowest BCUT2D eigenvalue weighted by Gasteiger charge is -2.21. The Kier molecular flexibility index (Phi) is 4.71. The monoisotopic (exact) mass is 352 g/mol. The zero-order chi connectivity index (χ0) is 17.3. The second-order valence-electron chi connectivity index (χ2n) is 6.69. The average Bonchev–Trinajstić information content (AvgIpc) is 2.91. The van der Waals surface area contributed by atoms with Crippen molar-refractivity contribution in [1.29, 1.82) is 0 Å². The Morgan fingerprint density at radius 3 is 2.62 bits per heavy atom. The second-order valence-corrected chi connectivity index (χ2v) is 8.60. The lowest BCUT2D eigenvalue weighted by atomic mass is 10.2. The number of anilines is 1. The summed E-state index contributed by atoms with van der Waals surface area (Å²) in [5.41, 5.74) is 1.45. The minimum Gasteiger partial charge on any atom is -0.478 e. The number of benzene rings is 1. The predicted octanol–water partition coefficient (Wildman–Crippen LogP) is 1.97. The van der Waals surface area contributed by atoms with Gasteiger partial charge in [0.1, 0.15) is 5.75 Å². The van der Waals surface area contributed by atoms with Gasteiger partial charge in [0, 0.05) is 19.0 Å². The van der Waals surface area contributed by atoms with Crippen molar-refractivity contribution < 1.29 is 17.9 Å². The van der Waals surface area contributed by atoms with E-state index in [1.54, 1.807) is 12.1 Å². The predicted molar refractivity (Wildman–Crippen MR) is 92.8 cm³/mol. The molecule has 1 heterocycles. The molecule has 1 atom stereocenters. The number of hydrogen-bond acceptors (Lipinski definition) is 4. The topological polar surface area (TPSA) is 75.7 Å². The summed E-state index contributed by atoms with van der Waals surface area (Å²) in [6, 6.07) is 5.60. The third-order valence-electron chi connectivity index (χ3n) is 4.64. The van der Waals surface area contributed by atoms with Gasteiger partial charge in [-0.15, -0.1) is 0 Å². The molecule has 0 saturated heterocycles. The zero-order valence-electron chi connectivity index (χ0n) is 14.1. The maximum Gasteiger partial charge on any atom is 0.261 e. The lowest BCUT2D eigenvalue weighted by molar-refractivity contribution is -0.128. The van der Waals surface area contributed by atoms with Crippen LogP contribution in [0.2, 0.25) is 0 Å². The van der Waals surface area contributed by atoms with E-state index in [1.165, 1.54) is 10.6 Å². The molecule has 1 amide bonds. The van der Waals surface area contributed by atoms with Crippen LogP contribution in [0, 0.1) is 6.92 Å². The molecule has 1 aromatic carbocycles. The smallest absolute Gasteiger partial charge is 0.261 e. The molecule has 1 N–H and O–H groups in total. The molecule has 2 aliphatic rings. The highest BCUT2D eigenvalue weighted by atomic mass is 32.2. The van der Waals surface area contributed by atoms with E-state index in [1.807, 2.05) is 13.0 Å². The minimum absolute atomic E-state index is 0.149. The fraction of sp³-hybridized carbons (Fsp3) is 0.588. The molecular formula is C17H24N2O4S. The molecule has 24 heavy (non-hydrogen) atoms. The Balaban J connectivity index is 1.84. The summed E-state index contributed by atoms with van der Waals surface area (Å²) in [6.07, 6.45) is 5.13. The van der Waals surface area contributed by atoms with E-state index in [4.69, 9.17) is 4.74 Å². The number of rotatable bonds is 3. The Bertz CT molecular complexity index is 726. The van der Waals surface area contributed by atoms with Crippen molar-refractivity contribution in [3.8, 4) is 5.75 Å². The van der Waals surface area contributed by atoms with E-state index in [2.05, 4.69) is 5.32 Å². The van der Waals surface area contributed by atoms with Gasteiger partial charge in [0.2, 0.25) is 10.0 Å². The Labute approximate surface area is 143 Å². The fourth-order valence-corrected chi connectivity index (χ4v) is 4.32. The van der Waals surface area contributed by atoms with E-state index < -0.39 is 16.1 Å². The number of carbonyl (C=O) groups is 1. The van der Waals surface area contributed by atoms with Gasteiger partial charge < -0.3 is 10.1 Å². The molecule has 0 bridgehead atoms. The van der Waals surface area contributed by atoms with Crippen molar-refractivity contribution >= 4 is 21.6 Å². The zero-order valence-corrected chi connectivity index (χ0v) is 14.9. The molecule has 1 saturated carbocycles. The molecule has 0 aromatic heterocycles. The van der Waals surface area contributed by atoms with Gasteiger partial charge in [-0.3, -0.25) is 9.10 Å². The summed E-state index contributed by atoms with van der Waals surface area (Å²) in [5, 5.41) is 3.04. The summed E-state index contributed by atoms with van der Waals surface area (Å²) >= 11 is 0. The maximum absolute atomic E-state index is 12.5. The number of nitrogens with zero attached hydrogens (tertiary/aromatic N) is 1. The normalized spacial score (nSPS) is 21.8. The molecule has 132 valence electrons. The van der Waals surface area contributed by atoms with Crippen LogP contribution in [0.15, 0.2) is 18.2 Å². The molecule has 0 spiro atoms. The van der Waals surface area contributed by atoms with Crippen LogP contribution in [0.4, 0.5) is 5.69 Å². The first-order valence-corrected chi connectivity index (χ1v) is 10.2. The highest BCUT2D eigenvalue weighted by Gasteiger charge is 2.32. The molecular weight excluding hydrogens is 328 g/mol. The standard InChI is InChI=1S/C17H24N2O4S/c1-12-7-8-15-14(11-12)19(24(2,21)22)10-9-16(23-15)17(20)18-13-5-3-4-6-13/h7-8,11,13,16H,3-6,9-10H2,1-2H3,(H,18,20). The van der Waals surface area contributed by atoms with Crippen molar-refractivity contribution in [2.24, 2.45) is 0 Å². The second kappa shape index (κ2) is 6.63. The van der Waals surface area contributed by atoms with Crippen molar-refractivity contribution in [2.45, 2.75) is 51.2 Å². The molecule has 1 aliphatic carbocycles. The van der Waals surface area contributed by atoms with Crippen LogP contribution in [-0.4, -0.2) is 39.3 Å². The quantitative estimate of drug-likeness (QED) is 0.902. The van der Waals surface area contributed by atoms with E-state index in [-0.39, 0.29) is 18.5 Å². The Hall–Kier alpha value is -1.76. The molecule has 6 nitrogen and oxygen atoms in total. The number of sulfonamides is 1. The van der Waals surface area contributed by atoms with Gasteiger partial charge in [-0.1, -0.05) is 18.9 Å². The number of ether oxygens (including phenoxy) is 1. The number of amides is 1. The molecule has 0 radical (unpaired) electrons. The Morgan fingerprint density at radius 1 is 1.25 bits per heavy atom. The molecule has 1 aromatic rings. The average molecular weight is 352 g/mol. The summed E-state index contributed by atoms with van der Waals surface area (Å²) in [7, 11) is -3.43. The van der Waals surface area contributed by atoms with Crippen LogP contribution in [0.25, 0.3) is 0 Å². The van der Waals surface area contributed by atoms with Gasteiger partial charge >= 0.3 is 0 Å². The molecule has 1 fully saturated rings. The van der Waals surface area contributed by atoms with Gasteiger partial charge in [-0.05, 0) is 37.5 Å². The van der Waals surface area contributed by atoms with Gasteiger partial charge in [-0.2, -0.15) is 0 Å². The Morgan fingerprint density at radius 2 is 1.96 bits per heavy atom. The van der Waals surface area contributed by atoms with Crippen LogP contribution in [0.3, 0.4) is 0 Å². The van der Waals surface area contributed by atoms with Crippen molar-refractivity contribution in [2.75, 3.05) is 17.1 Å². The number of carbonyl (C=O) groups excluding carboxylic acids is 1. The van der Waals surface area contributed by atoms with Crippen LogP contribution in [0.1, 0.15) is 37.7 Å². The SMILES string of the molecule is Cc1ccc2c(c1)N(S(C)(=O)=O)CCC(C(=O)NC1CCCC1)O2. The molecule has 7 heteroatoms. The summed E-state index contributed by atoms with van der Waals surface area (Å²) in [4.78, 5) is 12.5. The summed E-state index contributed by atoms with van der Waals surface area (Å²) < 4.78 is 31.5. The highest BCUT2D eigenvalue weighted by molar-refractivity contribution is 7.92. The summed E-state index contributed by atoms with van der Waals surface area (Å²) in [5.74, 6) is 0.291. The largest absolute Gasteiger partial charge is 0.478 e. The molecule has 1 unspecified atom stereocenters. The van der Waals surface area contributed by atoms with Gasteiger partial charge in [0.15, 0.2) is 6.10 Å². The number of nitrogens with one attached hydrogen (secondary N) is 1. The van der Waals surface area contributed by atoms with Gasteiger partial charge in [-0.25, -0.2) is 8.42 Å². The highest BCUT2D eigenvalue weighted by Crippen LogP contribution is 2.35. The lowest BCUT2D eigenvalue weighted by Crippen LogP contribution is -2.43. The molecule has 3 rings (SSSR count). The third kappa shape index (κ3) is 3.66. The van der Waals surface area contributed by atoms with E-state index in [0.717, 1.165) is 31.2 Å². The van der Waals surface area contributed by atoms with E-state index >= 15 is 0 Å². The van der Waals surface area contributed by atoms with E-state index in [0.29, 0.717) is 17.9 Å². The first-order chi connectivity index (χ1) is 11.3. The van der Waals surface area contributed by atoms with Crippen LogP contribution < -0.4 is 14.4 Å². The van der Waals surface area contributed by atoms with Gasteiger partial charge in [0.25, 0.3) is 5.91 Å². The molecule has 1 aliphatic heterocycles.